The number of hydrogen-bond donors (Lipinski definition) is 1. The standard InChI is InChI=1S/C7H11F2N3/c1-12-5-2-6(11-12)7(8,9)3-4-10/h2,5H,3-4,10H2,1H3. The summed E-state index contributed by atoms with van der Waals surface area (Å²) in [5, 5.41) is 3.61. The Kier molecular flexibility index (Phi) is 2.42. The number of alkyl halides is 2. The second kappa shape index (κ2) is 3.18. The molecule has 1 aromatic heterocycles. The third kappa shape index (κ3) is 1.79. The zero-order chi connectivity index (χ0) is 9.19. The quantitative estimate of drug-likeness (QED) is 0.740. The second-order valence-electron chi connectivity index (χ2n) is 2.62. The van der Waals surface area contributed by atoms with E-state index in [0.717, 1.165) is 0 Å². The summed E-state index contributed by atoms with van der Waals surface area (Å²) in [5.41, 5.74) is 4.83. The number of aromatic nitrogens is 2. The van der Waals surface area contributed by atoms with E-state index in [9.17, 15) is 8.78 Å². The lowest BCUT2D eigenvalue weighted by atomic mass is 10.2. The number of aryl methyl sites for hydroxylation is 1. The molecule has 2 N–H and O–H groups in total. The zero-order valence-corrected chi connectivity index (χ0v) is 6.80. The van der Waals surface area contributed by atoms with Crippen molar-refractivity contribution in [1.29, 1.82) is 0 Å². The van der Waals surface area contributed by atoms with Gasteiger partial charge >= 0.3 is 0 Å². The maximum Gasteiger partial charge on any atom is 0.292 e. The van der Waals surface area contributed by atoms with Gasteiger partial charge in [-0.15, -0.1) is 0 Å². The summed E-state index contributed by atoms with van der Waals surface area (Å²) in [6.07, 6.45) is 1.13. The summed E-state index contributed by atoms with van der Waals surface area (Å²) in [6.45, 7) is -0.0381. The van der Waals surface area contributed by atoms with Crippen molar-refractivity contribution >= 4 is 0 Å². The number of nitrogens with zero attached hydrogens (tertiary/aromatic N) is 2. The Hall–Kier alpha value is -0.970. The molecule has 68 valence electrons. The predicted octanol–water partition coefficient (Wildman–Crippen LogP) is 0.861. The van der Waals surface area contributed by atoms with Crippen molar-refractivity contribution < 1.29 is 8.78 Å². The van der Waals surface area contributed by atoms with Crippen LogP contribution in [0.15, 0.2) is 12.3 Å². The molecule has 1 rings (SSSR count). The summed E-state index contributed by atoms with van der Waals surface area (Å²) in [7, 11) is 1.60. The highest BCUT2D eigenvalue weighted by Gasteiger charge is 2.32. The Balaban J connectivity index is 2.81. The number of hydrogen-bond acceptors (Lipinski definition) is 2. The van der Waals surface area contributed by atoms with Crippen molar-refractivity contribution in [3.05, 3.63) is 18.0 Å². The van der Waals surface area contributed by atoms with E-state index >= 15 is 0 Å². The van der Waals surface area contributed by atoms with Crippen LogP contribution in [0.3, 0.4) is 0 Å². The van der Waals surface area contributed by atoms with Crippen molar-refractivity contribution in [1.82, 2.24) is 9.78 Å². The van der Waals surface area contributed by atoms with Crippen molar-refractivity contribution in [3.8, 4) is 0 Å². The molecule has 0 aliphatic carbocycles. The molecule has 0 aromatic carbocycles. The first-order chi connectivity index (χ1) is 5.56. The fourth-order valence-electron chi connectivity index (χ4n) is 0.919. The van der Waals surface area contributed by atoms with Gasteiger partial charge < -0.3 is 5.73 Å². The van der Waals surface area contributed by atoms with Gasteiger partial charge in [0.1, 0.15) is 5.69 Å². The fourth-order valence-corrected chi connectivity index (χ4v) is 0.919. The summed E-state index contributed by atoms with van der Waals surface area (Å²) in [6, 6.07) is 1.30. The lowest BCUT2D eigenvalue weighted by molar-refractivity contribution is -0.0156. The van der Waals surface area contributed by atoms with Crippen LogP contribution < -0.4 is 5.73 Å². The second-order valence-corrected chi connectivity index (χ2v) is 2.62. The van der Waals surface area contributed by atoms with Crippen molar-refractivity contribution in [2.24, 2.45) is 12.8 Å². The zero-order valence-electron chi connectivity index (χ0n) is 6.80. The van der Waals surface area contributed by atoms with Crippen molar-refractivity contribution in [3.63, 3.8) is 0 Å². The minimum atomic E-state index is -2.89. The summed E-state index contributed by atoms with van der Waals surface area (Å²) in [4.78, 5) is 0. The molecule has 0 unspecified atom stereocenters. The highest BCUT2D eigenvalue weighted by atomic mass is 19.3. The molecular formula is C7H11F2N3. The molecule has 0 saturated carbocycles. The molecule has 0 amide bonds. The van der Waals surface area contributed by atoms with Gasteiger partial charge in [-0.1, -0.05) is 0 Å². The Morgan fingerprint density at radius 2 is 2.33 bits per heavy atom. The molecule has 0 spiro atoms. The molecule has 0 aliphatic heterocycles. The highest BCUT2D eigenvalue weighted by Crippen LogP contribution is 2.29. The summed E-state index contributed by atoms with van der Waals surface area (Å²) >= 11 is 0. The lowest BCUT2D eigenvalue weighted by Gasteiger charge is -2.11. The molecule has 1 aromatic rings. The van der Waals surface area contributed by atoms with E-state index in [1.54, 1.807) is 7.05 Å². The Morgan fingerprint density at radius 3 is 2.75 bits per heavy atom. The highest BCUT2D eigenvalue weighted by molar-refractivity contribution is 5.06. The van der Waals surface area contributed by atoms with E-state index in [2.05, 4.69) is 5.10 Å². The van der Waals surface area contributed by atoms with Crippen LogP contribution in [0.2, 0.25) is 0 Å². The summed E-state index contributed by atoms with van der Waals surface area (Å²) in [5.74, 6) is -2.89. The van der Waals surface area contributed by atoms with Gasteiger partial charge in [0, 0.05) is 19.7 Å². The minimum Gasteiger partial charge on any atom is -0.330 e. The first-order valence-electron chi connectivity index (χ1n) is 3.64. The Bertz CT molecular complexity index is 257. The molecule has 0 radical (unpaired) electrons. The van der Waals surface area contributed by atoms with Gasteiger partial charge in [0.25, 0.3) is 5.92 Å². The van der Waals surface area contributed by atoms with Gasteiger partial charge in [-0.25, -0.2) is 0 Å². The number of rotatable bonds is 3. The molecule has 12 heavy (non-hydrogen) atoms. The smallest absolute Gasteiger partial charge is 0.292 e. The SMILES string of the molecule is Cn1ccc(C(F)(F)CCN)n1. The van der Waals surface area contributed by atoms with Gasteiger partial charge in [-0.2, -0.15) is 13.9 Å². The average Bonchev–Trinajstić information content (AvgIpc) is 2.36. The van der Waals surface area contributed by atoms with E-state index in [4.69, 9.17) is 5.73 Å². The monoisotopic (exact) mass is 175 g/mol. The average molecular weight is 175 g/mol. The number of halogens is 2. The first kappa shape index (κ1) is 9.12. The van der Waals surface area contributed by atoms with Crippen LogP contribution in [0.1, 0.15) is 12.1 Å². The van der Waals surface area contributed by atoms with Gasteiger partial charge in [0.05, 0.1) is 0 Å². The molecule has 0 bridgehead atoms. The predicted molar refractivity (Wildman–Crippen MR) is 40.8 cm³/mol. The van der Waals surface area contributed by atoms with Crippen LogP contribution >= 0.6 is 0 Å². The first-order valence-corrected chi connectivity index (χ1v) is 3.64. The van der Waals surface area contributed by atoms with Gasteiger partial charge in [-0.05, 0) is 12.6 Å². The van der Waals surface area contributed by atoms with Gasteiger partial charge in [0.15, 0.2) is 0 Å². The van der Waals surface area contributed by atoms with Crippen LogP contribution in [0.4, 0.5) is 8.78 Å². The van der Waals surface area contributed by atoms with Crippen molar-refractivity contribution in [2.45, 2.75) is 12.3 Å². The molecule has 0 aliphatic rings. The Morgan fingerprint density at radius 1 is 1.67 bits per heavy atom. The lowest BCUT2D eigenvalue weighted by Crippen LogP contribution is -2.19. The molecule has 5 heteroatoms. The maximum absolute atomic E-state index is 13.0. The summed E-state index contributed by atoms with van der Waals surface area (Å²) < 4.78 is 27.4. The van der Waals surface area contributed by atoms with Crippen LogP contribution in [0.5, 0.6) is 0 Å². The van der Waals surface area contributed by atoms with Crippen LogP contribution in [-0.2, 0) is 13.0 Å². The largest absolute Gasteiger partial charge is 0.330 e. The number of nitrogens with two attached hydrogens (primary N) is 1. The van der Waals surface area contributed by atoms with Gasteiger partial charge in [0.2, 0.25) is 0 Å². The van der Waals surface area contributed by atoms with Crippen LogP contribution in [0.25, 0.3) is 0 Å². The van der Waals surface area contributed by atoms with E-state index in [0.29, 0.717) is 0 Å². The van der Waals surface area contributed by atoms with Gasteiger partial charge in [-0.3, -0.25) is 4.68 Å². The van der Waals surface area contributed by atoms with Crippen molar-refractivity contribution in [2.75, 3.05) is 6.54 Å². The van der Waals surface area contributed by atoms with E-state index < -0.39 is 5.92 Å². The third-order valence-electron chi connectivity index (χ3n) is 1.55. The molecule has 0 saturated heterocycles. The molecule has 0 atom stereocenters. The molecule has 0 fully saturated rings. The maximum atomic E-state index is 13.0. The normalized spacial score (nSPS) is 12.0. The topological polar surface area (TPSA) is 43.8 Å². The third-order valence-corrected chi connectivity index (χ3v) is 1.55. The van der Waals surface area contributed by atoms with E-state index in [1.165, 1.54) is 16.9 Å². The van der Waals surface area contributed by atoms with Crippen LogP contribution in [-0.4, -0.2) is 16.3 Å². The Labute approximate surface area is 69.2 Å². The van der Waals surface area contributed by atoms with E-state index in [-0.39, 0.29) is 18.7 Å². The molecule has 1 heterocycles. The minimum absolute atomic E-state index is 0.0381. The molecule has 3 nitrogen and oxygen atoms in total. The van der Waals surface area contributed by atoms with Crippen LogP contribution in [0, 0.1) is 0 Å². The fraction of sp³-hybridized carbons (Fsp3) is 0.571. The van der Waals surface area contributed by atoms with E-state index in [1.807, 2.05) is 0 Å². The molecular weight excluding hydrogens is 164 g/mol.